The van der Waals surface area contributed by atoms with Gasteiger partial charge in [0.1, 0.15) is 5.75 Å². The highest BCUT2D eigenvalue weighted by Crippen LogP contribution is 2.23. The zero-order valence-corrected chi connectivity index (χ0v) is 7.82. The standard InChI is InChI=1S/C7H4BrNO.ClH/c8-6-3-5(4-9)1-2-7(6)10;/h1-3,10H;1H. The van der Waals surface area contributed by atoms with Gasteiger partial charge in [-0.25, -0.2) is 0 Å². The van der Waals surface area contributed by atoms with Gasteiger partial charge in [-0.3, -0.25) is 0 Å². The van der Waals surface area contributed by atoms with Crippen LogP contribution in [0.2, 0.25) is 0 Å². The first kappa shape index (κ1) is 10.3. The molecule has 0 fully saturated rings. The molecule has 0 unspecified atom stereocenters. The number of phenolic OH excluding ortho intramolecular Hbond substituents is 1. The Kier molecular flexibility index (Phi) is 3.94. The average Bonchev–Trinajstić information content (AvgIpc) is 1.95. The Hall–Kier alpha value is -0.720. The van der Waals surface area contributed by atoms with Crippen LogP contribution in [0.3, 0.4) is 0 Å². The van der Waals surface area contributed by atoms with Gasteiger partial charge < -0.3 is 5.11 Å². The van der Waals surface area contributed by atoms with Gasteiger partial charge in [-0.05, 0) is 34.1 Å². The Morgan fingerprint density at radius 1 is 1.45 bits per heavy atom. The van der Waals surface area contributed by atoms with Crippen LogP contribution in [0.25, 0.3) is 0 Å². The molecule has 11 heavy (non-hydrogen) atoms. The number of hydrogen-bond donors (Lipinski definition) is 1. The zero-order valence-electron chi connectivity index (χ0n) is 5.41. The Morgan fingerprint density at radius 2 is 2.09 bits per heavy atom. The van der Waals surface area contributed by atoms with Crippen molar-refractivity contribution >= 4 is 28.3 Å². The van der Waals surface area contributed by atoms with Gasteiger partial charge in [0.25, 0.3) is 0 Å². The van der Waals surface area contributed by atoms with Gasteiger partial charge in [0.15, 0.2) is 0 Å². The molecule has 0 spiro atoms. The molecule has 0 amide bonds. The van der Waals surface area contributed by atoms with Crippen molar-refractivity contribution in [3.05, 3.63) is 28.2 Å². The van der Waals surface area contributed by atoms with E-state index in [0.29, 0.717) is 10.0 Å². The molecule has 0 aromatic heterocycles. The fourth-order valence-electron chi connectivity index (χ4n) is 0.576. The maximum atomic E-state index is 8.98. The largest absolute Gasteiger partial charge is 0.507 e. The van der Waals surface area contributed by atoms with Crippen molar-refractivity contribution in [3.63, 3.8) is 0 Å². The molecule has 0 radical (unpaired) electrons. The van der Waals surface area contributed by atoms with Gasteiger partial charge in [0, 0.05) is 0 Å². The Morgan fingerprint density at radius 3 is 2.55 bits per heavy atom. The van der Waals surface area contributed by atoms with E-state index in [1.165, 1.54) is 6.07 Å². The van der Waals surface area contributed by atoms with Gasteiger partial charge >= 0.3 is 0 Å². The zero-order chi connectivity index (χ0) is 7.56. The molecule has 0 bridgehead atoms. The van der Waals surface area contributed by atoms with Crippen LogP contribution in [0.1, 0.15) is 5.56 Å². The van der Waals surface area contributed by atoms with E-state index in [4.69, 9.17) is 10.4 Å². The summed E-state index contributed by atoms with van der Waals surface area (Å²) in [4.78, 5) is 0. The highest BCUT2D eigenvalue weighted by Gasteiger charge is 1.96. The third-order valence-corrected chi connectivity index (χ3v) is 1.71. The molecule has 1 aromatic carbocycles. The predicted octanol–water partition coefficient (Wildman–Crippen LogP) is 2.45. The molecule has 1 N–H and O–H groups in total. The van der Waals surface area contributed by atoms with Crippen LogP contribution in [0.4, 0.5) is 0 Å². The second-order valence-corrected chi connectivity index (χ2v) is 2.63. The van der Waals surface area contributed by atoms with Crippen molar-refractivity contribution in [2.45, 2.75) is 0 Å². The van der Waals surface area contributed by atoms with Gasteiger partial charge in [-0.2, -0.15) is 5.26 Å². The molecule has 0 saturated carbocycles. The lowest BCUT2D eigenvalue weighted by Crippen LogP contribution is -1.73. The summed E-state index contributed by atoms with van der Waals surface area (Å²) >= 11 is 3.09. The number of phenols is 1. The van der Waals surface area contributed by atoms with Gasteiger partial charge in [0.2, 0.25) is 0 Å². The van der Waals surface area contributed by atoms with Crippen molar-refractivity contribution in [2.75, 3.05) is 0 Å². The second kappa shape index (κ2) is 4.22. The maximum absolute atomic E-state index is 8.98. The molecule has 1 aromatic rings. The average molecular weight is 234 g/mol. The molecule has 2 nitrogen and oxygen atoms in total. The molecule has 0 aliphatic rings. The van der Waals surface area contributed by atoms with Crippen LogP contribution in [0, 0.1) is 11.3 Å². The topological polar surface area (TPSA) is 44.0 Å². The molecule has 0 atom stereocenters. The highest BCUT2D eigenvalue weighted by molar-refractivity contribution is 9.10. The maximum Gasteiger partial charge on any atom is 0.129 e. The number of aromatic hydroxyl groups is 1. The van der Waals surface area contributed by atoms with Crippen LogP contribution >= 0.6 is 28.3 Å². The Labute approximate surface area is 79.0 Å². The fourth-order valence-corrected chi connectivity index (χ4v) is 0.955. The smallest absolute Gasteiger partial charge is 0.129 e. The second-order valence-electron chi connectivity index (χ2n) is 1.78. The number of benzene rings is 1. The molecule has 0 aliphatic carbocycles. The Bertz CT molecular complexity index is 295. The van der Waals surface area contributed by atoms with Crippen LogP contribution in [-0.4, -0.2) is 5.11 Å². The monoisotopic (exact) mass is 233 g/mol. The summed E-state index contributed by atoms with van der Waals surface area (Å²) in [5.74, 6) is 0.152. The number of nitriles is 1. The van der Waals surface area contributed by atoms with Crippen molar-refractivity contribution in [1.82, 2.24) is 0 Å². The summed E-state index contributed by atoms with van der Waals surface area (Å²) in [6.45, 7) is 0. The minimum atomic E-state index is 0. The van der Waals surface area contributed by atoms with Crippen molar-refractivity contribution in [1.29, 1.82) is 5.26 Å². The minimum Gasteiger partial charge on any atom is -0.507 e. The molecule has 0 heterocycles. The summed E-state index contributed by atoms with van der Waals surface area (Å²) in [6, 6.07) is 6.55. The summed E-state index contributed by atoms with van der Waals surface area (Å²) in [6.07, 6.45) is 0. The third-order valence-electron chi connectivity index (χ3n) is 1.08. The summed E-state index contributed by atoms with van der Waals surface area (Å²) in [7, 11) is 0. The number of halogens is 2. The summed E-state index contributed by atoms with van der Waals surface area (Å²) in [5.41, 5.74) is 0.532. The van der Waals surface area contributed by atoms with E-state index in [1.807, 2.05) is 6.07 Å². The number of rotatable bonds is 0. The molecule has 4 heteroatoms. The predicted molar refractivity (Wildman–Crippen MR) is 47.8 cm³/mol. The molecule has 58 valence electrons. The van der Waals surface area contributed by atoms with Gasteiger partial charge in [-0.1, -0.05) is 0 Å². The first-order chi connectivity index (χ1) is 4.74. The molecule has 0 aliphatic heterocycles. The lowest BCUT2D eigenvalue weighted by Gasteiger charge is -1.93. The van der Waals surface area contributed by atoms with Crippen LogP contribution in [0.15, 0.2) is 22.7 Å². The number of nitrogens with zero attached hydrogens (tertiary/aromatic N) is 1. The first-order valence-corrected chi connectivity index (χ1v) is 3.42. The van der Waals surface area contributed by atoms with E-state index in [1.54, 1.807) is 12.1 Å². The van der Waals surface area contributed by atoms with Crippen molar-refractivity contribution in [2.24, 2.45) is 0 Å². The first-order valence-electron chi connectivity index (χ1n) is 2.62. The van der Waals surface area contributed by atoms with Crippen LogP contribution < -0.4 is 0 Å². The highest BCUT2D eigenvalue weighted by atomic mass is 79.9. The van der Waals surface area contributed by atoms with Crippen molar-refractivity contribution in [3.8, 4) is 11.8 Å². The summed E-state index contributed by atoms with van der Waals surface area (Å²) < 4.78 is 0.548. The van der Waals surface area contributed by atoms with Gasteiger partial charge in [0.05, 0.1) is 16.1 Å². The van der Waals surface area contributed by atoms with E-state index < -0.39 is 0 Å². The Balaban J connectivity index is 0.000001000. The van der Waals surface area contributed by atoms with Crippen LogP contribution in [-0.2, 0) is 0 Å². The fraction of sp³-hybridized carbons (Fsp3) is 0. The van der Waals surface area contributed by atoms with Crippen LogP contribution in [0.5, 0.6) is 5.75 Å². The summed E-state index contributed by atoms with van der Waals surface area (Å²) in [5, 5.41) is 17.4. The van der Waals surface area contributed by atoms with E-state index in [0.717, 1.165) is 0 Å². The lowest BCUT2D eigenvalue weighted by atomic mass is 10.2. The number of hydrogen-bond acceptors (Lipinski definition) is 2. The van der Waals surface area contributed by atoms with Crippen molar-refractivity contribution < 1.29 is 5.11 Å². The van der Waals surface area contributed by atoms with E-state index >= 15 is 0 Å². The molecular weight excluding hydrogens is 229 g/mol. The lowest BCUT2D eigenvalue weighted by molar-refractivity contribution is 0.472. The normalized spacial score (nSPS) is 8.00. The van der Waals surface area contributed by atoms with E-state index in [-0.39, 0.29) is 18.2 Å². The van der Waals surface area contributed by atoms with Gasteiger partial charge in [-0.15, -0.1) is 12.4 Å². The van der Waals surface area contributed by atoms with E-state index in [9.17, 15) is 0 Å². The quantitative estimate of drug-likeness (QED) is 0.749. The minimum absolute atomic E-state index is 0. The molecule has 0 saturated heterocycles. The van der Waals surface area contributed by atoms with E-state index in [2.05, 4.69) is 15.9 Å². The third kappa shape index (κ3) is 2.41. The SMILES string of the molecule is Cl.N#Cc1ccc(O)c(Br)c1. The molecular formula is C7H5BrClNO. The molecule has 1 rings (SSSR count).